The van der Waals surface area contributed by atoms with Gasteiger partial charge in [-0.3, -0.25) is 4.79 Å². The molecule has 0 spiro atoms. The van der Waals surface area contributed by atoms with Crippen LogP contribution in [0.2, 0.25) is 5.02 Å². The molecule has 0 unspecified atom stereocenters. The number of ether oxygens (including phenoxy) is 1. The molecule has 35 heavy (non-hydrogen) atoms. The van der Waals surface area contributed by atoms with Gasteiger partial charge in [0.15, 0.2) is 0 Å². The number of nitrogens with one attached hydrogen (secondary N) is 2. The van der Waals surface area contributed by atoms with Crippen LogP contribution < -0.4 is 10.6 Å². The Bertz CT molecular complexity index is 936. The summed E-state index contributed by atoms with van der Waals surface area (Å²) in [5, 5.41) is 5.58. The molecule has 1 aromatic rings. The third-order valence-corrected chi connectivity index (χ3v) is 7.29. The van der Waals surface area contributed by atoms with Crippen LogP contribution in [0.1, 0.15) is 37.6 Å². The predicted octanol–water partition coefficient (Wildman–Crippen LogP) is 2.22. The summed E-state index contributed by atoms with van der Waals surface area (Å²) >= 11 is 6.96. The van der Waals surface area contributed by atoms with Crippen molar-refractivity contribution in [3.8, 4) is 0 Å². The van der Waals surface area contributed by atoms with Gasteiger partial charge in [0.1, 0.15) is 0 Å². The van der Waals surface area contributed by atoms with E-state index in [-0.39, 0.29) is 36.2 Å². The zero-order chi connectivity index (χ0) is 26.1. The van der Waals surface area contributed by atoms with Crippen LogP contribution in [-0.4, -0.2) is 66.1 Å². The number of carbonyl (C=O) groups excluding carboxylic acids is 4. The van der Waals surface area contributed by atoms with Gasteiger partial charge in [-0.05, 0) is 0 Å². The van der Waals surface area contributed by atoms with Crippen LogP contribution in [0.5, 0.6) is 0 Å². The monoisotopic (exact) mass is 552 g/mol. The Balaban J connectivity index is 1.80. The number of hydrogen-bond donors (Lipinski definition) is 3. The first-order valence-corrected chi connectivity index (χ1v) is 13.7. The number of amides is 2. The maximum atomic E-state index is 12.7. The molecule has 0 radical (unpaired) electrons. The zero-order valence-electron chi connectivity index (χ0n) is 19.6. The van der Waals surface area contributed by atoms with Gasteiger partial charge in [-0.25, -0.2) is 0 Å². The van der Waals surface area contributed by atoms with E-state index in [1.165, 1.54) is 19.1 Å². The summed E-state index contributed by atoms with van der Waals surface area (Å²) in [5.41, 5.74) is -0.615. The molecule has 1 aliphatic rings. The van der Waals surface area contributed by atoms with E-state index in [2.05, 4.69) is 10.6 Å². The number of thioether (sulfide) groups is 1. The van der Waals surface area contributed by atoms with Crippen LogP contribution in [0.3, 0.4) is 0 Å². The summed E-state index contributed by atoms with van der Waals surface area (Å²) < 4.78 is 21.0. The number of rotatable bonds is 11. The van der Waals surface area contributed by atoms with E-state index in [9.17, 15) is 24.1 Å². The van der Waals surface area contributed by atoms with Gasteiger partial charge in [0, 0.05) is 6.92 Å². The van der Waals surface area contributed by atoms with Crippen molar-refractivity contribution < 1.29 is 42.4 Å². The molecule has 1 aromatic carbocycles. The minimum atomic E-state index is -4.30. The Hall–Kier alpha value is -1.79. The third kappa shape index (κ3) is 10.0. The van der Waals surface area contributed by atoms with E-state index in [4.69, 9.17) is 29.9 Å². The summed E-state index contributed by atoms with van der Waals surface area (Å²) in [7, 11) is -4.30. The normalized spacial score (nSPS) is 19.3. The van der Waals surface area contributed by atoms with E-state index in [0.29, 0.717) is 17.3 Å². The molecular formula is C21H30ClN2O9PS. The molecule has 14 heteroatoms. The van der Waals surface area contributed by atoms with Gasteiger partial charge >= 0.3 is 202 Å². The van der Waals surface area contributed by atoms with Crippen molar-refractivity contribution in [3.05, 3.63) is 34.9 Å². The molecule has 0 aromatic heterocycles. The Kier molecular flexibility index (Phi) is 11.4. The van der Waals surface area contributed by atoms with E-state index >= 15 is 0 Å². The zero-order valence-corrected chi connectivity index (χ0v) is 22.2. The molecule has 2 amide bonds. The molecule has 0 aliphatic carbocycles. The fourth-order valence-electron chi connectivity index (χ4n) is 2.90. The number of hydrogen-bond acceptors (Lipinski definition) is 10. The van der Waals surface area contributed by atoms with Crippen LogP contribution in [0.4, 0.5) is 0 Å². The SMILES string of the molecule is CC(=O)SCCNC(=O)CCNC(=O)[C@@H]1O[PH](O)(OCOC(=O)c2cccc(Cl)c2)OCC1(C)C. The van der Waals surface area contributed by atoms with Gasteiger partial charge in [-0.1, -0.05) is 0 Å². The Labute approximate surface area is 213 Å². The molecule has 11 nitrogen and oxygen atoms in total. The summed E-state index contributed by atoms with van der Waals surface area (Å²) in [6.45, 7) is 4.54. The fourth-order valence-corrected chi connectivity index (χ4v) is 5.29. The maximum absolute atomic E-state index is 12.7. The van der Waals surface area contributed by atoms with E-state index in [1.807, 2.05) is 0 Å². The summed E-state index contributed by atoms with van der Waals surface area (Å²) in [6.07, 6.45) is -1.11. The average molecular weight is 553 g/mol. The van der Waals surface area contributed by atoms with Crippen LogP contribution in [0.25, 0.3) is 0 Å². The Morgan fingerprint density at radius 1 is 1.26 bits per heavy atom. The van der Waals surface area contributed by atoms with Gasteiger partial charge in [0.25, 0.3) is 0 Å². The van der Waals surface area contributed by atoms with Crippen molar-refractivity contribution in [2.45, 2.75) is 33.3 Å². The molecule has 1 saturated heterocycles. The molecule has 1 atom stereocenters. The number of carbonyl (C=O) groups is 4. The molecule has 196 valence electrons. The molecule has 2 rings (SSSR count). The second-order valence-electron chi connectivity index (χ2n) is 8.23. The number of halogens is 1. The second-order valence-corrected chi connectivity index (χ2v) is 11.8. The van der Waals surface area contributed by atoms with Crippen LogP contribution >= 0.6 is 31.5 Å². The van der Waals surface area contributed by atoms with Gasteiger partial charge in [-0.15, -0.1) is 0 Å². The average Bonchev–Trinajstić information content (AvgIpc) is 2.78. The minimum absolute atomic E-state index is 0.0256. The molecule has 3 N–H and O–H groups in total. The van der Waals surface area contributed by atoms with Crippen LogP contribution in [0, 0.1) is 5.41 Å². The van der Waals surface area contributed by atoms with E-state index < -0.39 is 38.4 Å². The fraction of sp³-hybridized carbons (Fsp3) is 0.524. The van der Waals surface area contributed by atoms with Gasteiger partial charge in [-0.2, -0.15) is 0 Å². The van der Waals surface area contributed by atoms with Crippen molar-refractivity contribution >= 4 is 54.4 Å². The van der Waals surface area contributed by atoms with Crippen molar-refractivity contribution in [2.24, 2.45) is 5.41 Å². The van der Waals surface area contributed by atoms with Gasteiger partial charge < -0.3 is 0 Å². The second kappa shape index (κ2) is 13.5. The Morgan fingerprint density at radius 3 is 2.69 bits per heavy atom. The summed E-state index contributed by atoms with van der Waals surface area (Å²) in [4.78, 5) is 58.1. The summed E-state index contributed by atoms with van der Waals surface area (Å²) in [6, 6.07) is 6.10. The first-order chi connectivity index (χ1) is 16.4. The van der Waals surface area contributed by atoms with Crippen molar-refractivity contribution in [1.82, 2.24) is 10.6 Å². The summed E-state index contributed by atoms with van der Waals surface area (Å²) in [5.74, 6) is -1.09. The first-order valence-electron chi connectivity index (χ1n) is 10.7. The topological polar surface area (TPSA) is 149 Å². The molecule has 0 bridgehead atoms. The number of benzene rings is 1. The van der Waals surface area contributed by atoms with Crippen molar-refractivity contribution in [3.63, 3.8) is 0 Å². The van der Waals surface area contributed by atoms with E-state index in [1.54, 1.807) is 26.0 Å². The van der Waals surface area contributed by atoms with Crippen molar-refractivity contribution in [1.29, 1.82) is 0 Å². The number of esters is 1. The standard InChI is InChI=1S/C21H30ClN2O9PS/c1-14(25)35-10-9-23-17(26)7-8-24-19(27)18-21(2,3)12-31-34(29,33-18)32-13-30-20(28)15-5-4-6-16(22)11-15/h4-6,11,18,29,34H,7-10,12-13H2,1-3H3,(H,23,26)(H,24,27)/t18-/m0/s1. The Morgan fingerprint density at radius 2 is 2.00 bits per heavy atom. The van der Waals surface area contributed by atoms with Gasteiger partial charge in [0.2, 0.25) is 0 Å². The predicted molar refractivity (Wildman–Crippen MR) is 132 cm³/mol. The quantitative estimate of drug-likeness (QED) is 0.161. The van der Waals surface area contributed by atoms with E-state index in [0.717, 1.165) is 11.8 Å². The van der Waals surface area contributed by atoms with Crippen LogP contribution in [0.15, 0.2) is 24.3 Å². The molecule has 0 saturated carbocycles. The molecule has 1 fully saturated rings. The van der Waals surface area contributed by atoms with Gasteiger partial charge in [0.05, 0.1) is 0 Å². The third-order valence-electron chi connectivity index (χ3n) is 4.71. The van der Waals surface area contributed by atoms with Crippen LogP contribution in [-0.2, 0) is 32.7 Å². The molecule has 1 heterocycles. The molecular weight excluding hydrogens is 523 g/mol. The first kappa shape index (κ1) is 29.4. The molecule has 1 aliphatic heterocycles. The van der Waals surface area contributed by atoms with Crippen molar-refractivity contribution in [2.75, 3.05) is 32.2 Å².